The van der Waals surface area contributed by atoms with Crippen molar-refractivity contribution < 1.29 is 17.6 Å². The highest BCUT2D eigenvalue weighted by atomic mass is 35.5. The summed E-state index contributed by atoms with van der Waals surface area (Å²) in [5.41, 5.74) is 1.79. The van der Waals surface area contributed by atoms with Gasteiger partial charge >= 0.3 is 0 Å². The number of hydrogen-bond acceptors (Lipinski definition) is 5. The summed E-state index contributed by atoms with van der Waals surface area (Å²) in [6, 6.07) is 6.42. The molecule has 3 fully saturated rings. The highest BCUT2D eigenvalue weighted by Gasteiger charge is 2.55. The van der Waals surface area contributed by atoms with Crippen molar-refractivity contribution >= 4 is 17.4 Å². The lowest BCUT2D eigenvalue weighted by atomic mass is 9.57. The average molecular weight is 533 g/mol. The number of aromatic nitrogens is 4. The van der Waals surface area contributed by atoms with Crippen LogP contribution in [0.5, 0.6) is 0 Å². The van der Waals surface area contributed by atoms with Crippen molar-refractivity contribution in [1.29, 1.82) is 0 Å². The molecular weight excluding hydrogens is 508 g/mol. The largest absolute Gasteiger partial charge is 0.353 e. The molecule has 0 atom stereocenters. The lowest BCUT2D eigenvalue weighted by molar-refractivity contribution is -0.0558. The third kappa shape index (κ3) is 4.00. The van der Waals surface area contributed by atoms with Gasteiger partial charge in [0, 0.05) is 48.0 Å². The summed E-state index contributed by atoms with van der Waals surface area (Å²) in [4.78, 5) is 7.51. The van der Waals surface area contributed by atoms with E-state index in [0.717, 1.165) is 42.2 Å². The number of fused-ring (bicyclic) bond motifs is 3. The molecule has 0 bridgehead atoms. The minimum Gasteiger partial charge on any atom is -0.353 e. The first-order valence-corrected chi connectivity index (χ1v) is 13.0. The zero-order valence-electron chi connectivity index (χ0n) is 20.0. The lowest BCUT2D eigenvalue weighted by Crippen LogP contribution is -2.62. The summed E-state index contributed by atoms with van der Waals surface area (Å²) in [5, 5.41) is 9.53. The van der Waals surface area contributed by atoms with Crippen LogP contribution in [-0.4, -0.2) is 50.2 Å². The van der Waals surface area contributed by atoms with Gasteiger partial charge in [0.1, 0.15) is 11.6 Å². The minimum atomic E-state index is -2.73. The molecule has 37 heavy (non-hydrogen) atoms. The normalized spacial score (nSPS) is 21.3. The van der Waals surface area contributed by atoms with Gasteiger partial charge < -0.3 is 4.90 Å². The van der Waals surface area contributed by atoms with Gasteiger partial charge in [-0.15, -0.1) is 10.2 Å². The predicted octanol–water partition coefficient (Wildman–Crippen LogP) is 5.34. The summed E-state index contributed by atoms with van der Waals surface area (Å²) < 4.78 is 58.8. The molecule has 1 saturated heterocycles. The number of nitrogens with zero attached hydrogens (tertiary/aromatic N) is 6. The van der Waals surface area contributed by atoms with Crippen LogP contribution in [0.3, 0.4) is 0 Å². The van der Waals surface area contributed by atoms with Gasteiger partial charge in [-0.3, -0.25) is 9.47 Å². The molecular formula is C26H25ClF4N6. The van der Waals surface area contributed by atoms with Gasteiger partial charge in [-0.1, -0.05) is 11.6 Å². The Labute approximate surface area is 216 Å². The summed E-state index contributed by atoms with van der Waals surface area (Å²) in [6.45, 7) is 1.62. The Balaban J connectivity index is 1.12. The molecule has 6 nitrogen and oxygen atoms in total. The quantitative estimate of drug-likeness (QED) is 0.415. The van der Waals surface area contributed by atoms with Crippen molar-refractivity contribution in [3.05, 3.63) is 64.3 Å². The average Bonchev–Trinajstić information content (AvgIpc) is 3.58. The van der Waals surface area contributed by atoms with Crippen LogP contribution < -0.4 is 4.90 Å². The summed E-state index contributed by atoms with van der Waals surface area (Å²) >= 11 is 6.30. The second-order valence-corrected chi connectivity index (χ2v) is 11.6. The van der Waals surface area contributed by atoms with Crippen LogP contribution in [0, 0.1) is 23.0 Å². The molecule has 4 aliphatic rings. The molecule has 0 unspecified atom stereocenters. The van der Waals surface area contributed by atoms with Gasteiger partial charge in [-0.2, -0.15) is 0 Å². The van der Waals surface area contributed by atoms with E-state index < -0.39 is 23.5 Å². The minimum absolute atomic E-state index is 0.0332. The summed E-state index contributed by atoms with van der Waals surface area (Å²) in [7, 11) is 0. The first-order chi connectivity index (χ1) is 17.7. The maximum absolute atomic E-state index is 14.7. The van der Waals surface area contributed by atoms with Crippen LogP contribution in [0.4, 0.5) is 23.4 Å². The molecule has 4 heterocycles. The second-order valence-electron chi connectivity index (χ2n) is 11.2. The Morgan fingerprint density at radius 2 is 1.84 bits per heavy atom. The van der Waals surface area contributed by atoms with Gasteiger partial charge in [-0.25, -0.2) is 22.5 Å². The Morgan fingerprint density at radius 1 is 1.05 bits per heavy atom. The molecule has 2 aliphatic carbocycles. The van der Waals surface area contributed by atoms with E-state index in [4.69, 9.17) is 11.6 Å². The number of anilines is 1. The fourth-order valence-corrected chi connectivity index (χ4v) is 6.57. The zero-order chi connectivity index (χ0) is 25.5. The molecule has 1 spiro atoms. The molecule has 0 radical (unpaired) electrons. The standard InChI is InChI=1S/C26H25ClF4N6/c27-18-3-4-21-15(5-18)10-35(14-26(30,31)17-1-2-17)11-22-33-34-23(37(21)22)16-7-25(8-16)12-36(13-25)24-20(29)6-19(28)9-32-24/h3-6,9,16-17H,1-2,7-8,10-14H2. The third-order valence-electron chi connectivity index (χ3n) is 8.27. The second kappa shape index (κ2) is 8.14. The van der Waals surface area contributed by atoms with Crippen molar-refractivity contribution in [2.45, 2.75) is 50.6 Å². The molecule has 3 aromatic rings. The van der Waals surface area contributed by atoms with Gasteiger partial charge in [-0.05, 0) is 49.4 Å². The fraction of sp³-hybridized carbons (Fsp3) is 0.500. The number of pyridine rings is 1. The first-order valence-electron chi connectivity index (χ1n) is 12.6. The van der Waals surface area contributed by atoms with E-state index >= 15 is 0 Å². The Hall–Kier alpha value is -2.72. The van der Waals surface area contributed by atoms with Crippen molar-refractivity contribution in [2.75, 3.05) is 24.5 Å². The van der Waals surface area contributed by atoms with Crippen LogP contribution in [0.2, 0.25) is 5.02 Å². The summed E-state index contributed by atoms with van der Waals surface area (Å²) in [5.74, 6) is -2.80. The van der Waals surface area contributed by atoms with Crippen molar-refractivity contribution in [3.63, 3.8) is 0 Å². The molecule has 2 aliphatic heterocycles. The van der Waals surface area contributed by atoms with Crippen LogP contribution in [0.15, 0.2) is 30.5 Å². The lowest BCUT2D eigenvalue weighted by Gasteiger charge is -2.59. The predicted molar refractivity (Wildman–Crippen MR) is 129 cm³/mol. The van der Waals surface area contributed by atoms with Crippen molar-refractivity contribution in [3.8, 4) is 5.69 Å². The van der Waals surface area contributed by atoms with E-state index in [1.54, 1.807) is 11.0 Å². The van der Waals surface area contributed by atoms with Crippen molar-refractivity contribution in [1.82, 2.24) is 24.6 Å². The summed E-state index contributed by atoms with van der Waals surface area (Å²) in [6.07, 6.45) is 3.91. The molecule has 1 aromatic carbocycles. The van der Waals surface area contributed by atoms with Crippen LogP contribution >= 0.6 is 11.6 Å². The molecule has 7 rings (SSSR count). The maximum atomic E-state index is 14.7. The highest BCUT2D eigenvalue weighted by molar-refractivity contribution is 6.30. The zero-order valence-corrected chi connectivity index (χ0v) is 20.7. The van der Waals surface area contributed by atoms with Gasteiger partial charge in [0.25, 0.3) is 5.92 Å². The van der Waals surface area contributed by atoms with E-state index in [0.29, 0.717) is 43.3 Å². The molecule has 0 amide bonds. The Kier molecular flexibility index (Phi) is 5.15. The third-order valence-corrected chi connectivity index (χ3v) is 8.51. The molecule has 2 saturated carbocycles. The van der Waals surface area contributed by atoms with Crippen LogP contribution in [-0.2, 0) is 13.1 Å². The maximum Gasteiger partial charge on any atom is 0.263 e. The Bertz CT molecular complexity index is 1380. The van der Waals surface area contributed by atoms with Gasteiger partial charge in [0.15, 0.2) is 17.5 Å². The van der Waals surface area contributed by atoms with Gasteiger partial charge in [0.2, 0.25) is 0 Å². The van der Waals surface area contributed by atoms with Crippen LogP contribution in [0.1, 0.15) is 48.8 Å². The van der Waals surface area contributed by atoms with E-state index in [1.165, 1.54) is 0 Å². The van der Waals surface area contributed by atoms with Crippen LogP contribution in [0.25, 0.3) is 5.69 Å². The fourth-order valence-electron chi connectivity index (χ4n) is 6.38. The molecule has 0 N–H and O–H groups in total. The van der Waals surface area contributed by atoms with Gasteiger partial charge in [0.05, 0.1) is 25.0 Å². The number of benzene rings is 1. The topological polar surface area (TPSA) is 50.1 Å². The number of hydrogen-bond donors (Lipinski definition) is 0. The molecule has 11 heteroatoms. The number of halogens is 5. The number of rotatable bonds is 5. The van der Waals surface area contributed by atoms with Crippen molar-refractivity contribution in [2.24, 2.45) is 11.3 Å². The number of alkyl halides is 2. The SMILES string of the molecule is Fc1cnc(N2CC3(CC(c4nnc5n4-c4ccc(Cl)cc4CN(CC(F)(F)C4CC4)C5)C3)C2)c(F)c1. The van der Waals surface area contributed by atoms with E-state index in [-0.39, 0.29) is 30.2 Å². The first kappa shape index (κ1) is 23.4. The smallest absolute Gasteiger partial charge is 0.263 e. The van der Waals surface area contributed by atoms with E-state index in [1.807, 2.05) is 21.6 Å². The Morgan fingerprint density at radius 3 is 2.57 bits per heavy atom. The highest BCUT2D eigenvalue weighted by Crippen LogP contribution is 2.57. The molecule has 2 aromatic heterocycles. The van der Waals surface area contributed by atoms with E-state index in [9.17, 15) is 17.6 Å². The van der Waals surface area contributed by atoms with E-state index in [2.05, 4.69) is 15.2 Å². The molecule has 194 valence electrons. The monoisotopic (exact) mass is 532 g/mol.